The van der Waals surface area contributed by atoms with Gasteiger partial charge in [-0.15, -0.1) is 0 Å². The Morgan fingerprint density at radius 3 is 2.54 bits per heavy atom. The van der Waals surface area contributed by atoms with Crippen molar-refractivity contribution in [2.45, 2.75) is 19.0 Å². The molecular weight excluding hydrogens is 398 g/mol. The normalized spacial score (nSPS) is 10.5. The third-order valence-electron chi connectivity index (χ3n) is 3.69. The summed E-state index contributed by atoms with van der Waals surface area (Å²) in [5.74, 6) is 1.27. The van der Waals surface area contributed by atoms with Crippen molar-refractivity contribution in [2.75, 3.05) is 11.1 Å². The number of hydrogen-bond acceptors (Lipinski definition) is 5. The molecule has 144 valence electrons. The number of rotatable bonds is 6. The van der Waals surface area contributed by atoms with E-state index >= 15 is 0 Å². The Morgan fingerprint density at radius 1 is 1.14 bits per heavy atom. The van der Waals surface area contributed by atoms with Crippen molar-refractivity contribution in [1.82, 2.24) is 9.97 Å². The van der Waals surface area contributed by atoms with Gasteiger partial charge in [0, 0.05) is 22.5 Å². The number of H-pyrrole nitrogens is 1. The second-order valence-corrected chi connectivity index (χ2v) is 7.44. The third kappa shape index (κ3) is 5.61. The van der Waals surface area contributed by atoms with Crippen molar-refractivity contribution in [3.63, 3.8) is 0 Å². The molecule has 0 aliphatic rings. The predicted octanol–water partition coefficient (Wildman–Crippen LogP) is 4.56. The van der Waals surface area contributed by atoms with Gasteiger partial charge in [0.25, 0.3) is 5.56 Å². The molecule has 0 spiro atoms. The van der Waals surface area contributed by atoms with Crippen molar-refractivity contribution in [1.29, 1.82) is 0 Å². The van der Waals surface area contributed by atoms with Crippen LogP contribution in [0.3, 0.4) is 0 Å². The Labute approximate surface area is 171 Å². The van der Waals surface area contributed by atoms with Crippen LogP contribution in [0.1, 0.15) is 11.3 Å². The van der Waals surface area contributed by atoms with Gasteiger partial charge in [-0.1, -0.05) is 23.4 Å². The quantitative estimate of drug-likeness (QED) is 0.455. The highest BCUT2D eigenvalue weighted by Gasteiger charge is 2.07. The van der Waals surface area contributed by atoms with Crippen LogP contribution >= 0.6 is 23.4 Å². The summed E-state index contributed by atoms with van der Waals surface area (Å²) in [6, 6.07) is 13.9. The molecular formula is C20H18ClN3O3S. The fraction of sp³-hybridized carbons (Fsp3) is 0.150. The van der Waals surface area contributed by atoms with E-state index in [1.807, 2.05) is 13.0 Å². The van der Waals surface area contributed by atoms with E-state index in [2.05, 4.69) is 15.3 Å². The molecule has 28 heavy (non-hydrogen) atoms. The first kappa shape index (κ1) is 20.0. The number of amides is 1. The van der Waals surface area contributed by atoms with E-state index in [-0.39, 0.29) is 17.2 Å². The number of aryl methyl sites for hydroxylation is 2. The van der Waals surface area contributed by atoms with Gasteiger partial charge in [-0.05, 0) is 61.9 Å². The molecule has 0 aliphatic heterocycles. The number of aromatic nitrogens is 2. The van der Waals surface area contributed by atoms with E-state index < -0.39 is 0 Å². The minimum atomic E-state index is -0.234. The average Bonchev–Trinajstić information content (AvgIpc) is 2.64. The molecule has 0 saturated carbocycles. The number of hydrogen-bond donors (Lipinski definition) is 2. The predicted molar refractivity (Wildman–Crippen MR) is 112 cm³/mol. The second kappa shape index (κ2) is 8.95. The summed E-state index contributed by atoms with van der Waals surface area (Å²) in [6.07, 6.45) is 0. The van der Waals surface area contributed by atoms with Crippen LogP contribution in [0.5, 0.6) is 11.5 Å². The number of anilines is 1. The summed E-state index contributed by atoms with van der Waals surface area (Å²) in [7, 11) is 0. The zero-order valence-electron chi connectivity index (χ0n) is 15.3. The molecule has 0 fully saturated rings. The fourth-order valence-electron chi connectivity index (χ4n) is 2.37. The molecule has 3 aromatic rings. The highest BCUT2D eigenvalue weighted by Crippen LogP contribution is 2.26. The lowest BCUT2D eigenvalue weighted by Crippen LogP contribution is -2.15. The third-order valence-corrected chi connectivity index (χ3v) is 4.99. The maximum absolute atomic E-state index is 12.1. The Morgan fingerprint density at radius 2 is 1.86 bits per heavy atom. The molecule has 0 radical (unpaired) electrons. The van der Waals surface area contributed by atoms with Gasteiger partial charge in [-0.25, -0.2) is 4.98 Å². The van der Waals surface area contributed by atoms with E-state index in [4.69, 9.17) is 16.3 Å². The Kier molecular flexibility index (Phi) is 6.38. The van der Waals surface area contributed by atoms with Gasteiger partial charge in [0.15, 0.2) is 5.16 Å². The largest absolute Gasteiger partial charge is 0.457 e. The molecule has 1 heterocycles. The number of carbonyl (C=O) groups excluding carboxylic acids is 1. The molecule has 0 bridgehead atoms. The van der Waals surface area contributed by atoms with Crippen LogP contribution in [0.15, 0.2) is 58.5 Å². The van der Waals surface area contributed by atoms with Crippen molar-refractivity contribution in [3.8, 4) is 11.5 Å². The van der Waals surface area contributed by atoms with Crippen LogP contribution in [0.2, 0.25) is 5.02 Å². The van der Waals surface area contributed by atoms with Crippen LogP contribution in [0, 0.1) is 13.8 Å². The molecule has 1 amide bonds. The van der Waals surface area contributed by atoms with Crippen LogP contribution in [-0.4, -0.2) is 21.6 Å². The number of thioether (sulfide) groups is 1. The lowest BCUT2D eigenvalue weighted by atomic mass is 10.2. The Bertz CT molecular complexity index is 1050. The number of ether oxygens (including phenoxy) is 1. The zero-order chi connectivity index (χ0) is 20.1. The summed E-state index contributed by atoms with van der Waals surface area (Å²) in [6.45, 7) is 3.64. The minimum absolute atomic E-state index is 0.134. The van der Waals surface area contributed by atoms with Gasteiger partial charge >= 0.3 is 0 Å². The molecule has 0 atom stereocenters. The number of nitrogens with one attached hydrogen (secondary N) is 2. The number of nitrogens with zero attached hydrogens (tertiary/aromatic N) is 1. The zero-order valence-corrected chi connectivity index (χ0v) is 16.9. The van der Waals surface area contributed by atoms with Gasteiger partial charge in [0.2, 0.25) is 5.91 Å². The summed E-state index contributed by atoms with van der Waals surface area (Å²) in [5, 5.41) is 3.90. The fourth-order valence-corrected chi connectivity index (χ4v) is 3.21. The molecule has 2 N–H and O–H groups in total. The summed E-state index contributed by atoms with van der Waals surface area (Å²) >= 11 is 7.18. The van der Waals surface area contributed by atoms with Crippen LogP contribution in [-0.2, 0) is 4.79 Å². The standard InChI is InChI=1S/C20H18ClN3O3S/c1-12-9-16(7-8-17(12)21)27-15-5-3-14(4-6-15)23-19(26)11-28-20-22-13(2)10-18(25)24-20/h3-10H,11H2,1-2H3,(H,23,26)(H,22,24,25). The Balaban J connectivity index is 1.55. The van der Waals surface area contributed by atoms with Crippen molar-refractivity contribution in [2.24, 2.45) is 0 Å². The number of carbonyl (C=O) groups is 1. The van der Waals surface area contributed by atoms with Crippen LogP contribution in [0.25, 0.3) is 0 Å². The summed E-state index contributed by atoms with van der Waals surface area (Å²) in [4.78, 5) is 30.3. The van der Waals surface area contributed by atoms with Crippen molar-refractivity contribution in [3.05, 3.63) is 75.2 Å². The molecule has 0 unspecified atom stereocenters. The van der Waals surface area contributed by atoms with Gasteiger partial charge in [-0.3, -0.25) is 9.59 Å². The molecule has 2 aromatic carbocycles. The highest BCUT2D eigenvalue weighted by molar-refractivity contribution is 7.99. The topological polar surface area (TPSA) is 84.1 Å². The van der Waals surface area contributed by atoms with Gasteiger partial charge in [-0.2, -0.15) is 0 Å². The molecule has 8 heteroatoms. The van der Waals surface area contributed by atoms with Gasteiger partial charge in [0.1, 0.15) is 11.5 Å². The maximum atomic E-state index is 12.1. The van der Waals surface area contributed by atoms with E-state index in [0.29, 0.717) is 33.1 Å². The monoisotopic (exact) mass is 415 g/mol. The van der Waals surface area contributed by atoms with Crippen LogP contribution < -0.4 is 15.6 Å². The maximum Gasteiger partial charge on any atom is 0.251 e. The molecule has 0 aliphatic carbocycles. The average molecular weight is 416 g/mol. The van der Waals surface area contributed by atoms with Gasteiger partial charge in [0.05, 0.1) is 5.75 Å². The molecule has 1 aromatic heterocycles. The summed E-state index contributed by atoms with van der Waals surface area (Å²) in [5.41, 5.74) is 1.96. The SMILES string of the molecule is Cc1cc(=O)[nH]c(SCC(=O)Nc2ccc(Oc3ccc(Cl)c(C)c3)cc2)n1. The Hall–Kier alpha value is -2.77. The number of aromatic amines is 1. The second-order valence-electron chi connectivity index (χ2n) is 6.07. The van der Waals surface area contributed by atoms with E-state index in [1.54, 1.807) is 43.3 Å². The highest BCUT2D eigenvalue weighted by atomic mass is 35.5. The molecule has 0 saturated heterocycles. The number of benzene rings is 2. The first-order valence-electron chi connectivity index (χ1n) is 8.44. The van der Waals surface area contributed by atoms with E-state index in [1.165, 1.54) is 17.8 Å². The smallest absolute Gasteiger partial charge is 0.251 e. The van der Waals surface area contributed by atoms with Crippen molar-refractivity contribution >= 4 is 35.0 Å². The lowest BCUT2D eigenvalue weighted by Gasteiger charge is -2.09. The van der Waals surface area contributed by atoms with E-state index in [0.717, 1.165) is 5.56 Å². The summed E-state index contributed by atoms with van der Waals surface area (Å²) < 4.78 is 5.78. The lowest BCUT2D eigenvalue weighted by molar-refractivity contribution is -0.113. The van der Waals surface area contributed by atoms with Crippen molar-refractivity contribution < 1.29 is 9.53 Å². The number of halogens is 1. The van der Waals surface area contributed by atoms with Crippen LogP contribution in [0.4, 0.5) is 5.69 Å². The molecule has 6 nitrogen and oxygen atoms in total. The first-order chi connectivity index (χ1) is 13.4. The first-order valence-corrected chi connectivity index (χ1v) is 9.80. The molecule has 3 rings (SSSR count). The van der Waals surface area contributed by atoms with Gasteiger partial charge < -0.3 is 15.0 Å². The minimum Gasteiger partial charge on any atom is -0.457 e. The van der Waals surface area contributed by atoms with E-state index in [9.17, 15) is 9.59 Å².